The smallest absolute Gasteiger partial charge is 0.257 e. The van der Waals surface area contributed by atoms with Crippen LogP contribution in [0.25, 0.3) is 11.1 Å². The molecule has 1 saturated carbocycles. The van der Waals surface area contributed by atoms with Gasteiger partial charge in [0.05, 0.1) is 5.69 Å². The van der Waals surface area contributed by atoms with Gasteiger partial charge in [0.15, 0.2) is 0 Å². The highest BCUT2D eigenvalue weighted by Gasteiger charge is 2.51. The van der Waals surface area contributed by atoms with Gasteiger partial charge in [-0.3, -0.25) is 14.2 Å². The van der Waals surface area contributed by atoms with Crippen molar-refractivity contribution in [1.82, 2.24) is 14.9 Å². The van der Waals surface area contributed by atoms with E-state index in [-0.39, 0.29) is 29.5 Å². The molecule has 1 fully saturated rings. The van der Waals surface area contributed by atoms with Crippen molar-refractivity contribution in [3.05, 3.63) is 87.6 Å². The molecule has 3 aromatic rings. The summed E-state index contributed by atoms with van der Waals surface area (Å²) in [4.78, 5) is 31.9. The third-order valence-corrected chi connectivity index (χ3v) is 7.79. The Hall–Kier alpha value is -3.25. The molecule has 0 bridgehead atoms. The Morgan fingerprint density at radius 3 is 2.53 bits per heavy atom. The number of nitrogens with one attached hydrogen (secondary N) is 1. The number of hydrogen-bond acceptors (Lipinski definition) is 4. The summed E-state index contributed by atoms with van der Waals surface area (Å²) in [6.45, 7) is 5.93. The predicted molar refractivity (Wildman–Crippen MR) is 141 cm³/mol. The van der Waals surface area contributed by atoms with E-state index in [9.17, 15) is 9.59 Å². The highest BCUT2D eigenvalue weighted by molar-refractivity contribution is 5.88. The van der Waals surface area contributed by atoms with Crippen molar-refractivity contribution >= 4 is 5.91 Å². The van der Waals surface area contributed by atoms with Crippen LogP contribution in [0.5, 0.6) is 0 Å². The first kappa shape index (κ1) is 24.4. The van der Waals surface area contributed by atoms with Crippen molar-refractivity contribution in [3.8, 4) is 11.1 Å². The van der Waals surface area contributed by atoms with E-state index in [1.54, 1.807) is 11.7 Å². The van der Waals surface area contributed by atoms with Gasteiger partial charge in [0, 0.05) is 30.7 Å². The number of nitrogens with zero attached hydrogens (tertiary/aromatic N) is 2. The first-order valence-corrected chi connectivity index (χ1v) is 13.0. The Kier molecular flexibility index (Phi) is 6.56. The van der Waals surface area contributed by atoms with Crippen molar-refractivity contribution in [1.29, 1.82) is 0 Å². The summed E-state index contributed by atoms with van der Waals surface area (Å²) in [5.41, 5.74) is 4.36. The first-order chi connectivity index (χ1) is 17.3. The monoisotopic (exact) mass is 485 g/mol. The molecular weight excluding hydrogens is 450 g/mol. The quantitative estimate of drug-likeness (QED) is 0.525. The van der Waals surface area contributed by atoms with Gasteiger partial charge in [-0.2, -0.15) is 0 Å². The average molecular weight is 486 g/mol. The van der Waals surface area contributed by atoms with Gasteiger partial charge in [0.1, 0.15) is 11.4 Å². The van der Waals surface area contributed by atoms with E-state index in [1.807, 2.05) is 39.0 Å². The van der Waals surface area contributed by atoms with E-state index in [0.717, 1.165) is 53.0 Å². The summed E-state index contributed by atoms with van der Waals surface area (Å²) in [6.07, 6.45) is 3.55. The van der Waals surface area contributed by atoms with Crippen LogP contribution in [0, 0.1) is 6.92 Å². The molecule has 1 N–H and O–H groups in total. The molecule has 1 aromatic heterocycles. The first-order valence-electron chi connectivity index (χ1n) is 13.0. The molecule has 2 aliphatic carbocycles. The minimum Gasteiger partial charge on any atom is -0.368 e. The molecule has 5 rings (SSSR count). The average Bonchev–Trinajstić information content (AvgIpc) is 3.67. The Bertz CT molecular complexity index is 1330. The maximum absolute atomic E-state index is 13.8. The Labute approximate surface area is 212 Å². The van der Waals surface area contributed by atoms with Gasteiger partial charge in [-0.05, 0) is 69.6 Å². The molecule has 2 aromatic carbocycles. The molecule has 1 amide bonds. The highest BCUT2D eigenvalue weighted by Crippen LogP contribution is 2.40. The molecule has 1 heterocycles. The molecule has 0 spiro atoms. The summed E-state index contributed by atoms with van der Waals surface area (Å²) >= 11 is 0. The van der Waals surface area contributed by atoms with Gasteiger partial charge in [-0.1, -0.05) is 54.6 Å². The summed E-state index contributed by atoms with van der Waals surface area (Å²) < 4.78 is 7.33. The summed E-state index contributed by atoms with van der Waals surface area (Å²) in [5.74, 6) is 0.519. The van der Waals surface area contributed by atoms with E-state index in [2.05, 4.69) is 41.7 Å². The number of carbonyl (C=O) groups is 1. The number of fused-ring (bicyclic) bond motifs is 1. The van der Waals surface area contributed by atoms with E-state index in [1.165, 1.54) is 0 Å². The molecule has 188 valence electrons. The summed E-state index contributed by atoms with van der Waals surface area (Å²) in [7, 11) is 1.60. The van der Waals surface area contributed by atoms with Crippen LogP contribution in [0.15, 0.2) is 59.4 Å². The minimum absolute atomic E-state index is 0.00977. The molecule has 2 aliphatic rings. The van der Waals surface area contributed by atoms with Crippen molar-refractivity contribution < 1.29 is 9.53 Å². The number of amides is 1. The fraction of sp³-hybridized carbons (Fsp3) is 0.433. The molecule has 36 heavy (non-hydrogen) atoms. The zero-order chi connectivity index (χ0) is 25.4. The van der Waals surface area contributed by atoms with E-state index in [0.29, 0.717) is 12.8 Å². The molecule has 0 unspecified atom stereocenters. The largest absolute Gasteiger partial charge is 0.368 e. The van der Waals surface area contributed by atoms with Crippen LogP contribution in [0.4, 0.5) is 0 Å². The lowest BCUT2D eigenvalue weighted by atomic mass is 9.78. The van der Waals surface area contributed by atoms with Gasteiger partial charge in [-0.15, -0.1) is 0 Å². The zero-order valence-electron chi connectivity index (χ0n) is 21.6. The number of hydrogen-bond donors (Lipinski definition) is 1. The topological polar surface area (TPSA) is 73.2 Å². The third kappa shape index (κ3) is 4.50. The minimum atomic E-state index is -0.707. The van der Waals surface area contributed by atoms with E-state index < -0.39 is 5.60 Å². The Balaban J connectivity index is 1.55. The number of benzene rings is 2. The maximum Gasteiger partial charge on any atom is 0.257 e. The molecular formula is C30H35N3O3. The fourth-order valence-electron chi connectivity index (χ4n) is 5.69. The lowest BCUT2D eigenvalue weighted by Gasteiger charge is -2.35. The van der Waals surface area contributed by atoms with Gasteiger partial charge >= 0.3 is 0 Å². The molecule has 2 atom stereocenters. The number of ether oxygens (including phenoxy) is 1. The number of aromatic nitrogens is 2. The van der Waals surface area contributed by atoms with Crippen LogP contribution in [-0.2, 0) is 22.4 Å². The molecule has 0 aliphatic heterocycles. The summed E-state index contributed by atoms with van der Waals surface area (Å²) in [5, 5.41) is 3.28. The molecule has 6 nitrogen and oxygen atoms in total. The Morgan fingerprint density at radius 1 is 1.14 bits per heavy atom. The van der Waals surface area contributed by atoms with Gasteiger partial charge < -0.3 is 10.1 Å². The van der Waals surface area contributed by atoms with Crippen LogP contribution in [0.2, 0.25) is 0 Å². The van der Waals surface area contributed by atoms with E-state index in [4.69, 9.17) is 9.72 Å². The number of methoxy groups -OCH3 is 1. The number of aryl methyl sites for hydroxylation is 2. The Morgan fingerprint density at radius 2 is 1.86 bits per heavy atom. The molecule has 6 heteroatoms. The van der Waals surface area contributed by atoms with Crippen molar-refractivity contribution in [2.75, 3.05) is 7.11 Å². The fourth-order valence-corrected chi connectivity index (χ4v) is 5.69. The molecule has 0 saturated heterocycles. The van der Waals surface area contributed by atoms with Crippen molar-refractivity contribution in [2.45, 2.75) is 76.5 Å². The lowest BCUT2D eigenvalue weighted by molar-refractivity contribution is -0.134. The second kappa shape index (κ2) is 9.66. The second-order valence-electron chi connectivity index (χ2n) is 10.5. The predicted octanol–water partition coefficient (Wildman–Crippen LogP) is 4.74. The number of carbonyl (C=O) groups excluding carboxylic acids is 1. The van der Waals surface area contributed by atoms with Crippen LogP contribution in [0.1, 0.15) is 67.7 Å². The van der Waals surface area contributed by atoms with Crippen LogP contribution in [-0.4, -0.2) is 34.2 Å². The van der Waals surface area contributed by atoms with E-state index >= 15 is 0 Å². The third-order valence-electron chi connectivity index (χ3n) is 7.79. The van der Waals surface area contributed by atoms with Crippen LogP contribution >= 0.6 is 0 Å². The van der Waals surface area contributed by atoms with Gasteiger partial charge in [-0.25, -0.2) is 4.98 Å². The maximum atomic E-state index is 13.8. The van der Waals surface area contributed by atoms with Crippen molar-refractivity contribution in [2.24, 2.45) is 0 Å². The standard InChI is InChI=1S/C30H35N3O3/c1-19(2)33-20(3)31-26-14-13-25(32-29(35)30(36-4)15-16-30)24(27(26)28(33)34)18-21-9-8-12-23(17-21)22-10-6-5-7-11-22/h5-12,17,19,24-25H,13-16,18H2,1-4H3,(H,32,35)/t24-,25-/m0/s1. The number of rotatable bonds is 7. The van der Waals surface area contributed by atoms with Crippen LogP contribution < -0.4 is 10.9 Å². The van der Waals surface area contributed by atoms with Crippen LogP contribution in [0.3, 0.4) is 0 Å². The highest BCUT2D eigenvalue weighted by atomic mass is 16.5. The van der Waals surface area contributed by atoms with Crippen molar-refractivity contribution in [3.63, 3.8) is 0 Å². The zero-order valence-corrected chi connectivity index (χ0v) is 21.6. The molecule has 0 radical (unpaired) electrons. The lowest BCUT2D eigenvalue weighted by Crippen LogP contribution is -2.50. The second-order valence-corrected chi connectivity index (χ2v) is 10.5. The van der Waals surface area contributed by atoms with Gasteiger partial charge in [0.25, 0.3) is 11.5 Å². The summed E-state index contributed by atoms with van der Waals surface area (Å²) in [6, 6.07) is 18.6. The normalized spacial score (nSPS) is 20.1. The SMILES string of the molecule is COC1(C(=O)N[C@H]2CCc3nc(C)n(C(C)C)c(=O)c3[C@H]2Cc2cccc(-c3ccccc3)c2)CC1. The van der Waals surface area contributed by atoms with Gasteiger partial charge in [0.2, 0.25) is 0 Å².